The summed E-state index contributed by atoms with van der Waals surface area (Å²) in [6, 6.07) is 4.42. The van der Waals surface area contributed by atoms with E-state index in [-0.39, 0.29) is 5.91 Å². The van der Waals surface area contributed by atoms with Crippen molar-refractivity contribution in [1.29, 1.82) is 0 Å². The number of amides is 1. The predicted molar refractivity (Wildman–Crippen MR) is 87.4 cm³/mol. The first-order valence-electron chi connectivity index (χ1n) is 8.04. The minimum Gasteiger partial charge on any atom is -0.333 e. The molecule has 2 fully saturated rings. The van der Waals surface area contributed by atoms with Gasteiger partial charge >= 0.3 is 0 Å². The van der Waals surface area contributed by atoms with E-state index in [2.05, 4.69) is 21.0 Å². The molecule has 4 rings (SSSR count). The number of piperidine rings is 1. The van der Waals surface area contributed by atoms with Gasteiger partial charge in [-0.3, -0.25) is 14.5 Å². The standard InChI is InChI=1S/C17H19ClN4O/c1-21-16(4-5-20-21)11-7-14-2-3-15(8-11)22(14)17(23)12-6-13(18)10-19-9-12/h4-6,9-11,14-15H,2-3,7-8H2,1H3/t11?,14-,15+. The van der Waals surface area contributed by atoms with Gasteiger partial charge in [-0.05, 0) is 37.8 Å². The van der Waals surface area contributed by atoms with E-state index < -0.39 is 0 Å². The third-order valence-electron chi connectivity index (χ3n) is 5.20. The Balaban J connectivity index is 1.57. The van der Waals surface area contributed by atoms with Gasteiger partial charge in [-0.2, -0.15) is 5.10 Å². The molecule has 2 aliphatic rings. The molecule has 2 aliphatic heterocycles. The number of halogens is 1. The number of hydrogen-bond acceptors (Lipinski definition) is 3. The molecule has 4 heterocycles. The van der Waals surface area contributed by atoms with Crippen LogP contribution in [0.3, 0.4) is 0 Å². The number of carbonyl (C=O) groups excluding carboxylic acids is 1. The normalized spacial score (nSPS) is 26.5. The van der Waals surface area contributed by atoms with Crippen LogP contribution in [0.15, 0.2) is 30.7 Å². The average molecular weight is 331 g/mol. The lowest BCUT2D eigenvalue weighted by Gasteiger charge is -2.39. The molecule has 2 aromatic heterocycles. The van der Waals surface area contributed by atoms with Gasteiger partial charge in [0.25, 0.3) is 5.91 Å². The zero-order valence-electron chi connectivity index (χ0n) is 13.0. The van der Waals surface area contributed by atoms with E-state index in [1.165, 1.54) is 5.69 Å². The highest BCUT2D eigenvalue weighted by Crippen LogP contribution is 2.43. The van der Waals surface area contributed by atoms with Gasteiger partial charge < -0.3 is 4.90 Å². The Bertz CT molecular complexity index is 730. The first kappa shape index (κ1) is 14.7. The van der Waals surface area contributed by atoms with E-state index in [0.29, 0.717) is 28.6 Å². The number of rotatable bonds is 2. The Hall–Kier alpha value is -1.88. The minimum absolute atomic E-state index is 0.0657. The Morgan fingerprint density at radius 1 is 1.26 bits per heavy atom. The SMILES string of the molecule is Cn1nccc1C1C[C@H]2CC[C@@H](C1)N2C(=O)c1cncc(Cl)c1. The largest absolute Gasteiger partial charge is 0.333 e. The summed E-state index contributed by atoms with van der Waals surface area (Å²) in [6.07, 6.45) is 9.21. The number of hydrogen-bond donors (Lipinski definition) is 0. The van der Waals surface area contributed by atoms with Gasteiger partial charge in [0.1, 0.15) is 0 Å². The molecule has 0 radical (unpaired) electrons. The molecule has 5 nitrogen and oxygen atoms in total. The quantitative estimate of drug-likeness (QED) is 0.850. The first-order valence-corrected chi connectivity index (χ1v) is 8.42. The maximum absolute atomic E-state index is 12.9. The van der Waals surface area contributed by atoms with Crippen LogP contribution in [0.5, 0.6) is 0 Å². The summed E-state index contributed by atoms with van der Waals surface area (Å²) in [5.74, 6) is 0.553. The van der Waals surface area contributed by atoms with Crippen molar-refractivity contribution < 1.29 is 4.79 Å². The first-order chi connectivity index (χ1) is 11.1. The van der Waals surface area contributed by atoms with Gasteiger partial charge in [-0.15, -0.1) is 0 Å². The van der Waals surface area contributed by atoms with Gasteiger partial charge in [0.2, 0.25) is 0 Å². The van der Waals surface area contributed by atoms with Crippen molar-refractivity contribution in [2.75, 3.05) is 0 Å². The molecule has 1 amide bonds. The van der Waals surface area contributed by atoms with Gasteiger partial charge in [-0.25, -0.2) is 0 Å². The molecule has 0 spiro atoms. The number of pyridine rings is 1. The van der Waals surface area contributed by atoms with Gasteiger partial charge in [0, 0.05) is 49.3 Å². The van der Waals surface area contributed by atoms with Crippen molar-refractivity contribution in [2.45, 2.75) is 43.7 Å². The fraction of sp³-hybridized carbons (Fsp3) is 0.471. The van der Waals surface area contributed by atoms with Crippen LogP contribution in [-0.4, -0.2) is 37.7 Å². The molecule has 0 N–H and O–H groups in total. The maximum Gasteiger partial charge on any atom is 0.255 e. The number of nitrogens with zero attached hydrogens (tertiary/aromatic N) is 4. The summed E-state index contributed by atoms with van der Waals surface area (Å²) in [5, 5.41) is 4.79. The van der Waals surface area contributed by atoms with Crippen LogP contribution in [0.4, 0.5) is 0 Å². The maximum atomic E-state index is 12.9. The van der Waals surface area contributed by atoms with Crippen LogP contribution >= 0.6 is 11.6 Å². The molecule has 0 aromatic carbocycles. The number of aromatic nitrogens is 3. The molecular weight excluding hydrogens is 312 g/mol. The third-order valence-corrected chi connectivity index (χ3v) is 5.40. The molecular formula is C17H19ClN4O. The molecule has 120 valence electrons. The molecule has 2 saturated heterocycles. The van der Waals surface area contributed by atoms with E-state index in [1.807, 2.05) is 17.9 Å². The summed E-state index contributed by atoms with van der Waals surface area (Å²) in [7, 11) is 1.99. The van der Waals surface area contributed by atoms with Crippen molar-refractivity contribution in [2.24, 2.45) is 7.05 Å². The number of fused-ring (bicyclic) bond motifs is 2. The molecule has 0 aliphatic carbocycles. The summed E-state index contributed by atoms with van der Waals surface area (Å²) in [4.78, 5) is 19.0. The molecule has 0 saturated carbocycles. The second-order valence-electron chi connectivity index (χ2n) is 6.54. The monoisotopic (exact) mass is 330 g/mol. The molecule has 1 unspecified atom stereocenters. The van der Waals surface area contributed by atoms with Crippen LogP contribution in [0.2, 0.25) is 5.02 Å². The predicted octanol–water partition coefficient (Wildman–Crippen LogP) is 3.02. The molecule has 2 aromatic rings. The Morgan fingerprint density at radius 3 is 2.61 bits per heavy atom. The highest BCUT2D eigenvalue weighted by Gasteiger charge is 2.44. The second kappa shape index (κ2) is 5.64. The number of aryl methyl sites for hydroxylation is 1. The summed E-state index contributed by atoms with van der Waals surface area (Å²) in [6.45, 7) is 0. The van der Waals surface area contributed by atoms with Crippen molar-refractivity contribution >= 4 is 17.5 Å². The van der Waals surface area contributed by atoms with Crippen LogP contribution < -0.4 is 0 Å². The smallest absolute Gasteiger partial charge is 0.255 e. The van der Waals surface area contributed by atoms with Crippen LogP contribution in [0.1, 0.15) is 47.7 Å². The lowest BCUT2D eigenvalue weighted by atomic mass is 9.87. The van der Waals surface area contributed by atoms with E-state index in [0.717, 1.165) is 25.7 Å². The molecule has 23 heavy (non-hydrogen) atoms. The van der Waals surface area contributed by atoms with Crippen molar-refractivity contribution in [1.82, 2.24) is 19.7 Å². The Kier molecular flexibility index (Phi) is 3.60. The number of carbonyl (C=O) groups is 1. The van der Waals surface area contributed by atoms with Gasteiger partial charge in [0.05, 0.1) is 10.6 Å². The van der Waals surface area contributed by atoms with Crippen LogP contribution in [-0.2, 0) is 7.05 Å². The van der Waals surface area contributed by atoms with Crippen molar-refractivity contribution in [3.05, 3.63) is 47.0 Å². The lowest BCUT2D eigenvalue weighted by molar-refractivity contribution is 0.0567. The van der Waals surface area contributed by atoms with E-state index in [4.69, 9.17) is 11.6 Å². The lowest BCUT2D eigenvalue weighted by Crippen LogP contribution is -2.46. The van der Waals surface area contributed by atoms with Crippen LogP contribution in [0, 0.1) is 0 Å². The van der Waals surface area contributed by atoms with E-state index in [1.54, 1.807) is 18.5 Å². The fourth-order valence-corrected chi connectivity index (χ4v) is 4.39. The molecule has 6 heteroatoms. The second-order valence-corrected chi connectivity index (χ2v) is 6.97. The summed E-state index contributed by atoms with van der Waals surface area (Å²) < 4.78 is 1.96. The van der Waals surface area contributed by atoms with Gasteiger partial charge in [-0.1, -0.05) is 11.6 Å². The zero-order chi connectivity index (χ0) is 16.0. The fourth-order valence-electron chi connectivity index (χ4n) is 4.21. The highest BCUT2D eigenvalue weighted by atomic mass is 35.5. The summed E-state index contributed by atoms with van der Waals surface area (Å²) in [5.41, 5.74) is 1.87. The third kappa shape index (κ3) is 2.53. The van der Waals surface area contributed by atoms with Crippen molar-refractivity contribution in [3.8, 4) is 0 Å². The Labute approximate surface area is 140 Å². The topological polar surface area (TPSA) is 51.0 Å². The zero-order valence-corrected chi connectivity index (χ0v) is 13.8. The average Bonchev–Trinajstić information content (AvgIpc) is 3.07. The minimum atomic E-state index is 0.0657. The van der Waals surface area contributed by atoms with E-state index in [9.17, 15) is 4.79 Å². The molecule has 2 bridgehead atoms. The van der Waals surface area contributed by atoms with Crippen molar-refractivity contribution in [3.63, 3.8) is 0 Å². The highest BCUT2D eigenvalue weighted by molar-refractivity contribution is 6.30. The van der Waals surface area contributed by atoms with Gasteiger partial charge in [0.15, 0.2) is 0 Å². The van der Waals surface area contributed by atoms with Crippen LogP contribution in [0.25, 0.3) is 0 Å². The molecule has 3 atom stereocenters. The summed E-state index contributed by atoms with van der Waals surface area (Å²) >= 11 is 5.98. The van der Waals surface area contributed by atoms with E-state index >= 15 is 0 Å². The Morgan fingerprint density at radius 2 is 2.00 bits per heavy atom.